The summed E-state index contributed by atoms with van der Waals surface area (Å²) in [6, 6.07) is -0.0251. The molecule has 1 aliphatic carbocycles. The zero-order chi connectivity index (χ0) is 13.9. The molecule has 1 aromatic rings. The molecule has 1 aromatic heterocycles. The lowest BCUT2D eigenvalue weighted by Gasteiger charge is -2.13. The summed E-state index contributed by atoms with van der Waals surface area (Å²) in [6.45, 7) is 4.70. The maximum absolute atomic E-state index is 12.1. The fourth-order valence-corrected chi connectivity index (χ4v) is 2.99. The van der Waals surface area contributed by atoms with Crippen molar-refractivity contribution in [2.75, 3.05) is 11.9 Å². The molecule has 1 aliphatic rings. The molecule has 0 amide bonds. The molecule has 6 nitrogen and oxygen atoms in total. The number of nitrogens with one attached hydrogen (secondary N) is 2. The van der Waals surface area contributed by atoms with E-state index in [1.807, 2.05) is 13.8 Å². The van der Waals surface area contributed by atoms with E-state index in [1.165, 1.54) is 12.4 Å². The predicted molar refractivity (Wildman–Crippen MR) is 73.3 cm³/mol. The molecule has 0 aliphatic heterocycles. The maximum Gasteiger partial charge on any atom is 0.243 e. The summed E-state index contributed by atoms with van der Waals surface area (Å²) < 4.78 is 26.8. The van der Waals surface area contributed by atoms with Crippen molar-refractivity contribution in [3.8, 4) is 0 Å². The van der Waals surface area contributed by atoms with Gasteiger partial charge in [0.15, 0.2) is 0 Å². The molecule has 0 saturated heterocycles. The Bertz CT molecular complexity index is 511. The molecule has 1 heterocycles. The predicted octanol–water partition coefficient (Wildman–Crippen LogP) is 1.38. The van der Waals surface area contributed by atoms with Gasteiger partial charge in [0.25, 0.3) is 0 Å². The highest BCUT2D eigenvalue weighted by atomic mass is 32.2. The van der Waals surface area contributed by atoms with Gasteiger partial charge in [0.1, 0.15) is 4.90 Å². The molecule has 1 fully saturated rings. The fraction of sp³-hybridized carbons (Fsp3) is 0.667. The maximum atomic E-state index is 12.1. The Morgan fingerprint density at radius 2 is 2.00 bits per heavy atom. The van der Waals surface area contributed by atoms with Crippen molar-refractivity contribution in [2.45, 2.75) is 44.0 Å². The third kappa shape index (κ3) is 3.87. The molecule has 0 bridgehead atoms. The monoisotopic (exact) mass is 284 g/mol. The van der Waals surface area contributed by atoms with Crippen LogP contribution in [0.3, 0.4) is 0 Å². The summed E-state index contributed by atoms with van der Waals surface area (Å²) in [5, 5.41) is 3.00. The van der Waals surface area contributed by atoms with Crippen LogP contribution in [-0.4, -0.2) is 31.0 Å². The van der Waals surface area contributed by atoms with E-state index in [-0.39, 0.29) is 10.9 Å². The van der Waals surface area contributed by atoms with Gasteiger partial charge in [0, 0.05) is 12.6 Å². The van der Waals surface area contributed by atoms with Gasteiger partial charge in [0.2, 0.25) is 16.0 Å². The number of rotatable bonds is 7. The van der Waals surface area contributed by atoms with Crippen LogP contribution >= 0.6 is 0 Å². The van der Waals surface area contributed by atoms with E-state index in [0.29, 0.717) is 11.9 Å². The minimum absolute atomic E-state index is 0.0251. The summed E-state index contributed by atoms with van der Waals surface area (Å²) >= 11 is 0. The number of aromatic nitrogens is 2. The molecular formula is C12H20N4O2S. The minimum atomic E-state index is -3.50. The topological polar surface area (TPSA) is 84.0 Å². The van der Waals surface area contributed by atoms with Crippen molar-refractivity contribution in [3.05, 3.63) is 12.4 Å². The van der Waals surface area contributed by atoms with E-state index in [4.69, 9.17) is 0 Å². The van der Waals surface area contributed by atoms with Gasteiger partial charge in [-0.1, -0.05) is 6.92 Å². The van der Waals surface area contributed by atoms with Crippen LogP contribution in [0.1, 0.15) is 33.1 Å². The largest absolute Gasteiger partial charge is 0.354 e. The Kier molecular flexibility index (Phi) is 4.36. The Morgan fingerprint density at radius 1 is 1.37 bits per heavy atom. The highest BCUT2D eigenvalue weighted by Crippen LogP contribution is 2.32. The number of sulfonamides is 1. The lowest BCUT2D eigenvalue weighted by Crippen LogP contribution is -2.34. The summed E-state index contributed by atoms with van der Waals surface area (Å²) in [5.74, 6) is 0.928. The van der Waals surface area contributed by atoms with Crippen LogP contribution in [0.15, 0.2) is 17.3 Å². The van der Waals surface area contributed by atoms with E-state index < -0.39 is 10.0 Å². The lowest BCUT2D eigenvalue weighted by atomic mass is 10.2. The molecule has 0 aromatic carbocycles. The fourth-order valence-electron chi connectivity index (χ4n) is 1.79. The molecule has 106 valence electrons. The van der Waals surface area contributed by atoms with Gasteiger partial charge >= 0.3 is 0 Å². The lowest BCUT2D eigenvalue weighted by molar-refractivity contribution is 0.537. The SMILES string of the molecule is CCCNc1ncc(S(=O)(=O)NC(C)C2CC2)cn1. The van der Waals surface area contributed by atoms with Crippen LogP contribution in [0.5, 0.6) is 0 Å². The van der Waals surface area contributed by atoms with Gasteiger partial charge in [0.05, 0.1) is 12.4 Å². The first-order valence-corrected chi connectivity index (χ1v) is 8.09. The second-order valence-corrected chi connectivity index (χ2v) is 6.63. The molecular weight excluding hydrogens is 264 g/mol. The van der Waals surface area contributed by atoms with Gasteiger partial charge in [-0.15, -0.1) is 0 Å². The van der Waals surface area contributed by atoms with E-state index in [2.05, 4.69) is 20.0 Å². The standard InChI is InChI=1S/C12H20N4O2S/c1-3-6-13-12-14-7-11(8-15-12)19(17,18)16-9(2)10-4-5-10/h7-10,16H,3-6H2,1-2H3,(H,13,14,15). The van der Waals surface area contributed by atoms with E-state index in [0.717, 1.165) is 25.8 Å². The molecule has 1 unspecified atom stereocenters. The number of hydrogen-bond donors (Lipinski definition) is 2. The molecule has 1 atom stereocenters. The third-order valence-corrected chi connectivity index (χ3v) is 4.66. The van der Waals surface area contributed by atoms with Crippen LogP contribution in [0.4, 0.5) is 5.95 Å². The number of anilines is 1. The Morgan fingerprint density at radius 3 is 2.53 bits per heavy atom. The van der Waals surface area contributed by atoms with Crippen molar-refractivity contribution in [1.82, 2.24) is 14.7 Å². The average molecular weight is 284 g/mol. The molecule has 2 rings (SSSR count). The normalized spacial score (nSPS) is 17.2. The van der Waals surface area contributed by atoms with Gasteiger partial charge in [-0.25, -0.2) is 23.1 Å². The van der Waals surface area contributed by atoms with Crippen LogP contribution in [0.25, 0.3) is 0 Å². The van der Waals surface area contributed by atoms with Gasteiger partial charge in [-0.05, 0) is 32.1 Å². The smallest absolute Gasteiger partial charge is 0.243 e. The van der Waals surface area contributed by atoms with Crippen molar-refractivity contribution in [1.29, 1.82) is 0 Å². The molecule has 0 radical (unpaired) electrons. The van der Waals surface area contributed by atoms with Gasteiger partial charge < -0.3 is 5.32 Å². The van der Waals surface area contributed by atoms with E-state index in [9.17, 15) is 8.42 Å². The van der Waals surface area contributed by atoms with Crippen molar-refractivity contribution >= 4 is 16.0 Å². The van der Waals surface area contributed by atoms with E-state index >= 15 is 0 Å². The molecule has 7 heteroatoms. The summed E-state index contributed by atoms with van der Waals surface area (Å²) in [5.41, 5.74) is 0. The summed E-state index contributed by atoms with van der Waals surface area (Å²) in [6.07, 6.45) is 5.84. The first-order chi connectivity index (χ1) is 9.03. The Labute approximate surface area is 114 Å². The Hall–Kier alpha value is -1.21. The van der Waals surface area contributed by atoms with Crippen LogP contribution < -0.4 is 10.0 Å². The van der Waals surface area contributed by atoms with Crippen molar-refractivity contribution in [2.24, 2.45) is 5.92 Å². The highest BCUT2D eigenvalue weighted by Gasteiger charge is 2.31. The van der Waals surface area contributed by atoms with Crippen molar-refractivity contribution < 1.29 is 8.42 Å². The third-order valence-electron chi connectivity index (χ3n) is 3.14. The molecule has 2 N–H and O–H groups in total. The number of nitrogens with zero attached hydrogens (tertiary/aromatic N) is 2. The molecule has 1 saturated carbocycles. The van der Waals surface area contributed by atoms with Crippen LogP contribution in [0.2, 0.25) is 0 Å². The second-order valence-electron chi connectivity index (χ2n) is 4.92. The number of hydrogen-bond acceptors (Lipinski definition) is 5. The summed E-state index contributed by atoms with van der Waals surface area (Å²) in [7, 11) is -3.50. The second kappa shape index (κ2) is 5.83. The highest BCUT2D eigenvalue weighted by molar-refractivity contribution is 7.89. The zero-order valence-electron chi connectivity index (χ0n) is 11.3. The van der Waals surface area contributed by atoms with Gasteiger partial charge in [-0.3, -0.25) is 0 Å². The minimum Gasteiger partial charge on any atom is -0.354 e. The zero-order valence-corrected chi connectivity index (χ0v) is 12.1. The van der Waals surface area contributed by atoms with Gasteiger partial charge in [-0.2, -0.15) is 0 Å². The van der Waals surface area contributed by atoms with E-state index in [1.54, 1.807) is 0 Å². The molecule has 19 heavy (non-hydrogen) atoms. The molecule has 0 spiro atoms. The Balaban J connectivity index is 2.03. The first-order valence-electron chi connectivity index (χ1n) is 6.61. The van der Waals surface area contributed by atoms with Crippen molar-refractivity contribution in [3.63, 3.8) is 0 Å². The average Bonchev–Trinajstić information content (AvgIpc) is 3.20. The van der Waals surface area contributed by atoms with Crippen LogP contribution in [0, 0.1) is 5.92 Å². The summed E-state index contributed by atoms with van der Waals surface area (Å²) in [4.78, 5) is 8.13. The van der Waals surface area contributed by atoms with Crippen LogP contribution in [-0.2, 0) is 10.0 Å². The first kappa shape index (κ1) is 14.2. The quantitative estimate of drug-likeness (QED) is 0.790.